The third kappa shape index (κ3) is 4.81. The molecule has 3 aromatic rings. The van der Waals surface area contributed by atoms with Crippen molar-refractivity contribution in [3.05, 3.63) is 70.4 Å². The molecule has 1 N–H and O–H groups in total. The van der Waals surface area contributed by atoms with E-state index >= 15 is 0 Å². The summed E-state index contributed by atoms with van der Waals surface area (Å²) >= 11 is 0. The Hall–Kier alpha value is -3.95. The SMILES string of the molecule is COc1ccccc1NC(=O)Cc1noc(COc2ccc([N+](=O)[O-])cc2)n1. The van der Waals surface area contributed by atoms with Crippen molar-refractivity contribution in [2.45, 2.75) is 13.0 Å². The van der Waals surface area contributed by atoms with E-state index in [0.717, 1.165) is 0 Å². The van der Waals surface area contributed by atoms with Crippen molar-refractivity contribution in [3.63, 3.8) is 0 Å². The number of hydrogen-bond donors (Lipinski definition) is 1. The number of aromatic nitrogens is 2. The summed E-state index contributed by atoms with van der Waals surface area (Å²) in [5, 5.41) is 17.1. The first kappa shape index (κ1) is 18.8. The highest BCUT2D eigenvalue weighted by Gasteiger charge is 2.13. The molecule has 28 heavy (non-hydrogen) atoms. The number of nitrogens with one attached hydrogen (secondary N) is 1. The van der Waals surface area contributed by atoms with Crippen LogP contribution in [-0.2, 0) is 17.8 Å². The van der Waals surface area contributed by atoms with Gasteiger partial charge in [-0.1, -0.05) is 17.3 Å². The number of para-hydroxylation sites is 2. The van der Waals surface area contributed by atoms with Crippen molar-refractivity contribution in [2.75, 3.05) is 12.4 Å². The van der Waals surface area contributed by atoms with E-state index in [4.69, 9.17) is 14.0 Å². The Bertz CT molecular complexity index is 970. The van der Waals surface area contributed by atoms with Crippen molar-refractivity contribution in [1.29, 1.82) is 0 Å². The molecule has 0 radical (unpaired) electrons. The van der Waals surface area contributed by atoms with Gasteiger partial charge in [0, 0.05) is 12.1 Å². The minimum absolute atomic E-state index is 0.0288. The van der Waals surface area contributed by atoms with Crippen LogP contribution in [0.25, 0.3) is 0 Å². The van der Waals surface area contributed by atoms with Gasteiger partial charge >= 0.3 is 0 Å². The molecule has 10 nitrogen and oxygen atoms in total. The number of non-ortho nitro benzene ring substituents is 1. The van der Waals surface area contributed by atoms with Gasteiger partial charge in [-0.25, -0.2) is 0 Å². The maximum absolute atomic E-state index is 12.2. The molecule has 0 aliphatic carbocycles. The molecule has 144 valence electrons. The van der Waals surface area contributed by atoms with E-state index < -0.39 is 4.92 Å². The molecule has 1 aromatic heterocycles. The molecule has 3 rings (SSSR count). The Morgan fingerprint density at radius 2 is 1.96 bits per heavy atom. The Labute approximate surface area is 159 Å². The van der Waals surface area contributed by atoms with Crippen molar-refractivity contribution >= 4 is 17.3 Å². The van der Waals surface area contributed by atoms with Gasteiger partial charge in [0.1, 0.15) is 11.5 Å². The number of nitro groups is 1. The summed E-state index contributed by atoms with van der Waals surface area (Å²) in [6.45, 7) is -0.0288. The highest BCUT2D eigenvalue weighted by Crippen LogP contribution is 2.23. The largest absolute Gasteiger partial charge is 0.495 e. The second-order valence-electron chi connectivity index (χ2n) is 5.57. The highest BCUT2D eigenvalue weighted by molar-refractivity contribution is 5.93. The summed E-state index contributed by atoms with van der Waals surface area (Å²) in [5.74, 6) is 1.02. The molecule has 0 saturated heterocycles. The van der Waals surface area contributed by atoms with Gasteiger partial charge in [-0.15, -0.1) is 0 Å². The van der Waals surface area contributed by atoms with Crippen LogP contribution in [0.2, 0.25) is 0 Å². The number of hydrogen-bond acceptors (Lipinski definition) is 8. The number of ether oxygens (including phenoxy) is 2. The van der Waals surface area contributed by atoms with Gasteiger partial charge in [0.2, 0.25) is 5.91 Å². The average molecular weight is 384 g/mol. The standard InChI is InChI=1S/C18H16N4O6/c1-26-15-5-3-2-4-14(15)19-17(23)10-16-20-18(28-21-16)11-27-13-8-6-12(7-9-13)22(24)25/h2-9H,10-11H2,1H3,(H,19,23). The van der Waals surface area contributed by atoms with E-state index in [9.17, 15) is 14.9 Å². The van der Waals surface area contributed by atoms with Crippen LogP contribution in [0.5, 0.6) is 11.5 Å². The van der Waals surface area contributed by atoms with Gasteiger partial charge in [-0.3, -0.25) is 14.9 Å². The van der Waals surface area contributed by atoms with E-state index in [1.165, 1.54) is 31.4 Å². The van der Waals surface area contributed by atoms with Crippen LogP contribution >= 0.6 is 0 Å². The van der Waals surface area contributed by atoms with E-state index in [0.29, 0.717) is 17.2 Å². The van der Waals surface area contributed by atoms with Gasteiger partial charge in [-0.2, -0.15) is 4.98 Å². The van der Waals surface area contributed by atoms with Gasteiger partial charge in [0.15, 0.2) is 12.4 Å². The van der Waals surface area contributed by atoms with Crippen molar-refractivity contribution in [1.82, 2.24) is 10.1 Å². The number of anilines is 1. The summed E-state index contributed by atoms with van der Waals surface area (Å²) in [7, 11) is 1.52. The van der Waals surface area contributed by atoms with E-state index in [1.54, 1.807) is 24.3 Å². The zero-order valence-electron chi connectivity index (χ0n) is 14.8. The van der Waals surface area contributed by atoms with Crippen LogP contribution < -0.4 is 14.8 Å². The second-order valence-corrected chi connectivity index (χ2v) is 5.57. The summed E-state index contributed by atoms with van der Waals surface area (Å²) in [6.07, 6.45) is -0.0842. The van der Waals surface area contributed by atoms with Crippen molar-refractivity contribution < 1.29 is 23.7 Å². The van der Waals surface area contributed by atoms with Gasteiger partial charge in [0.25, 0.3) is 11.6 Å². The molecule has 10 heteroatoms. The number of benzene rings is 2. The number of carbonyl (C=O) groups excluding carboxylic acids is 1. The molecule has 0 spiro atoms. The molecule has 0 aliphatic heterocycles. The van der Waals surface area contributed by atoms with Crippen molar-refractivity contribution in [2.24, 2.45) is 0 Å². The molecule has 0 atom stereocenters. The molecule has 0 bridgehead atoms. The molecule has 0 fully saturated rings. The molecule has 0 aliphatic rings. The van der Waals surface area contributed by atoms with Gasteiger partial charge in [-0.05, 0) is 24.3 Å². The fraction of sp³-hybridized carbons (Fsp3) is 0.167. The van der Waals surface area contributed by atoms with Crippen LogP contribution in [0.15, 0.2) is 53.1 Å². The number of methoxy groups -OCH3 is 1. The maximum Gasteiger partial charge on any atom is 0.269 e. The Balaban J connectivity index is 1.53. The van der Waals surface area contributed by atoms with E-state index in [1.807, 2.05) is 0 Å². The molecule has 2 aromatic carbocycles. The second kappa shape index (κ2) is 8.62. The van der Waals surface area contributed by atoms with E-state index in [2.05, 4.69) is 15.5 Å². The van der Waals surface area contributed by atoms with Crippen LogP contribution in [0.4, 0.5) is 11.4 Å². The zero-order chi connectivity index (χ0) is 19.9. The topological polar surface area (TPSA) is 130 Å². The van der Waals surface area contributed by atoms with Crippen molar-refractivity contribution in [3.8, 4) is 11.5 Å². The fourth-order valence-corrected chi connectivity index (χ4v) is 2.32. The summed E-state index contributed by atoms with van der Waals surface area (Å²) in [6, 6.07) is 12.6. The Morgan fingerprint density at radius 3 is 2.68 bits per heavy atom. The number of amides is 1. The molecular formula is C18H16N4O6. The lowest BCUT2D eigenvalue weighted by Gasteiger charge is -2.08. The number of nitrogens with zero attached hydrogens (tertiary/aromatic N) is 3. The first-order chi connectivity index (χ1) is 13.5. The molecule has 1 amide bonds. The third-order valence-electron chi connectivity index (χ3n) is 3.62. The average Bonchev–Trinajstić information content (AvgIpc) is 3.14. The Morgan fingerprint density at radius 1 is 1.21 bits per heavy atom. The first-order valence-electron chi connectivity index (χ1n) is 8.16. The highest BCUT2D eigenvalue weighted by atomic mass is 16.6. The fourth-order valence-electron chi connectivity index (χ4n) is 2.32. The minimum atomic E-state index is -0.496. The van der Waals surface area contributed by atoms with Gasteiger partial charge in [0.05, 0.1) is 24.1 Å². The lowest BCUT2D eigenvalue weighted by Crippen LogP contribution is -2.15. The maximum atomic E-state index is 12.2. The summed E-state index contributed by atoms with van der Waals surface area (Å²) in [5.41, 5.74) is 0.508. The quantitative estimate of drug-likeness (QED) is 0.463. The molecular weight excluding hydrogens is 368 g/mol. The van der Waals surface area contributed by atoms with Crippen LogP contribution in [-0.4, -0.2) is 28.1 Å². The normalized spacial score (nSPS) is 10.3. The van der Waals surface area contributed by atoms with Crippen LogP contribution in [0, 0.1) is 10.1 Å². The predicted molar refractivity (Wildman–Crippen MR) is 97.1 cm³/mol. The molecule has 0 saturated carbocycles. The monoisotopic (exact) mass is 384 g/mol. The predicted octanol–water partition coefficient (Wildman–Crippen LogP) is 2.75. The number of rotatable bonds is 8. The van der Waals surface area contributed by atoms with Crippen LogP contribution in [0.1, 0.15) is 11.7 Å². The number of carbonyl (C=O) groups is 1. The van der Waals surface area contributed by atoms with Gasteiger partial charge < -0.3 is 19.3 Å². The third-order valence-corrected chi connectivity index (χ3v) is 3.62. The summed E-state index contributed by atoms with van der Waals surface area (Å²) < 4.78 is 15.7. The smallest absolute Gasteiger partial charge is 0.269 e. The molecule has 0 unspecified atom stereocenters. The Kier molecular flexibility index (Phi) is 5.80. The van der Waals surface area contributed by atoms with E-state index in [-0.39, 0.29) is 36.3 Å². The summed E-state index contributed by atoms with van der Waals surface area (Å²) in [4.78, 5) is 26.4. The first-order valence-corrected chi connectivity index (χ1v) is 8.16. The zero-order valence-corrected chi connectivity index (χ0v) is 14.8. The molecule has 1 heterocycles. The number of nitro benzene ring substituents is 1. The minimum Gasteiger partial charge on any atom is -0.495 e. The lowest BCUT2D eigenvalue weighted by molar-refractivity contribution is -0.384. The van der Waals surface area contributed by atoms with Crippen LogP contribution in [0.3, 0.4) is 0 Å². The lowest BCUT2D eigenvalue weighted by atomic mass is 10.2.